The van der Waals surface area contributed by atoms with E-state index in [0.29, 0.717) is 21.8 Å². The van der Waals surface area contributed by atoms with E-state index in [1.807, 2.05) is 6.07 Å². The number of halogens is 2. The van der Waals surface area contributed by atoms with E-state index in [-0.39, 0.29) is 0 Å². The molecule has 1 aliphatic rings. The SMILES string of the molecule is NC1(c2nc(-c3ccc(Cl)c(Cl)c3)no2)CCCCCC1. The normalized spacial score (nSPS) is 18.4. The molecule has 0 amide bonds. The Kier molecular flexibility index (Phi) is 4.20. The third-order valence-electron chi connectivity index (χ3n) is 4.03. The van der Waals surface area contributed by atoms with Gasteiger partial charge in [0.25, 0.3) is 0 Å². The number of rotatable bonds is 2. The lowest BCUT2D eigenvalue weighted by Crippen LogP contribution is -2.36. The van der Waals surface area contributed by atoms with Crippen LogP contribution in [0.2, 0.25) is 10.0 Å². The molecule has 0 unspecified atom stereocenters. The van der Waals surface area contributed by atoms with Gasteiger partial charge in [-0.25, -0.2) is 0 Å². The molecule has 0 spiro atoms. The highest BCUT2D eigenvalue weighted by Crippen LogP contribution is 2.34. The van der Waals surface area contributed by atoms with Gasteiger partial charge in [-0.3, -0.25) is 0 Å². The van der Waals surface area contributed by atoms with E-state index in [9.17, 15) is 0 Å². The van der Waals surface area contributed by atoms with Crippen molar-refractivity contribution in [3.05, 3.63) is 34.1 Å². The van der Waals surface area contributed by atoms with Gasteiger partial charge in [0.2, 0.25) is 11.7 Å². The van der Waals surface area contributed by atoms with Crippen LogP contribution in [0.15, 0.2) is 22.7 Å². The van der Waals surface area contributed by atoms with Crippen LogP contribution in [0.1, 0.15) is 44.4 Å². The van der Waals surface area contributed by atoms with Crippen molar-refractivity contribution in [1.82, 2.24) is 10.1 Å². The molecule has 3 rings (SSSR count). The Hall–Kier alpha value is -1.10. The van der Waals surface area contributed by atoms with E-state index in [4.69, 9.17) is 33.5 Å². The molecule has 1 heterocycles. The van der Waals surface area contributed by atoms with Gasteiger partial charge in [0.1, 0.15) is 0 Å². The average Bonchev–Trinajstić information content (AvgIpc) is 2.86. The number of hydrogen-bond donors (Lipinski definition) is 1. The highest BCUT2D eigenvalue weighted by molar-refractivity contribution is 6.42. The first kappa shape index (κ1) is 14.8. The molecule has 1 aromatic heterocycles. The fourth-order valence-corrected chi connectivity index (χ4v) is 3.05. The van der Waals surface area contributed by atoms with Crippen molar-refractivity contribution in [2.75, 3.05) is 0 Å². The van der Waals surface area contributed by atoms with Crippen molar-refractivity contribution in [3.8, 4) is 11.4 Å². The van der Waals surface area contributed by atoms with Crippen molar-refractivity contribution in [3.63, 3.8) is 0 Å². The molecule has 112 valence electrons. The summed E-state index contributed by atoms with van der Waals surface area (Å²) in [4.78, 5) is 4.48. The molecule has 0 atom stereocenters. The fourth-order valence-electron chi connectivity index (χ4n) is 2.75. The molecule has 2 aromatic rings. The monoisotopic (exact) mass is 325 g/mol. The topological polar surface area (TPSA) is 64.9 Å². The van der Waals surface area contributed by atoms with Crippen LogP contribution in [0, 0.1) is 0 Å². The number of nitrogens with zero attached hydrogens (tertiary/aromatic N) is 2. The van der Waals surface area contributed by atoms with E-state index in [0.717, 1.165) is 31.2 Å². The first-order valence-corrected chi connectivity index (χ1v) is 7.93. The number of aromatic nitrogens is 2. The second-order valence-corrected chi connectivity index (χ2v) is 6.44. The first-order valence-electron chi connectivity index (χ1n) is 7.17. The summed E-state index contributed by atoms with van der Waals surface area (Å²) < 4.78 is 5.43. The largest absolute Gasteiger partial charge is 0.337 e. The Morgan fingerprint density at radius 1 is 1.05 bits per heavy atom. The zero-order valence-corrected chi connectivity index (χ0v) is 13.1. The van der Waals surface area contributed by atoms with Gasteiger partial charge in [-0.15, -0.1) is 0 Å². The van der Waals surface area contributed by atoms with Crippen molar-refractivity contribution in [2.24, 2.45) is 5.73 Å². The van der Waals surface area contributed by atoms with E-state index >= 15 is 0 Å². The van der Waals surface area contributed by atoms with Crippen LogP contribution < -0.4 is 5.73 Å². The number of nitrogens with two attached hydrogens (primary N) is 1. The molecule has 0 aliphatic heterocycles. The molecule has 1 aliphatic carbocycles. The van der Waals surface area contributed by atoms with Crippen molar-refractivity contribution < 1.29 is 4.52 Å². The van der Waals surface area contributed by atoms with Crippen LogP contribution in [0.5, 0.6) is 0 Å². The molecular formula is C15H17Cl2N3O. The summed E-state index contributed by atoms with van der Waals surface area (Å²) in [6.45, 7) is 0. The van der Waals surface area contributed by atoms with Gasteiger partial charge >= 0.3 is 0 Å². The summed E-state index contributed by atoms with van der Waals surface area (Å²) in [6, 6.07) is 5.27. The smallest absolute Gasteiger partial charge is 0.247 e. The third kappa shape index (κ3) is 3.07. The maximum absolute atomic E-state index is 6.48. The van der Waals surface area contributed by atoms with E-state index in [1.54, 1.807) is 12.1 Å². The minimum absolute atomic E-state index is 0.470. The van der Waals surface area contributed by atoms with Crippen molar-refractivity contribution in [1.29, 1.82) is 0 Å². The molecule has 2 N–H and O–H groups in total. The minimum Gasteiger partial charge on any atom is -0.337 e. The molecule has 6 heteroatoms. The molecule has 4 nitrogen and oxygen atoms in total. The maximum atomic E-state index is 6.48. The third-order valence-corrected chi connectivity index (χ3v) is 4.76. The molecule has 21 heavy (non-hydrogen) atoms. The predicted molar refractivity (Wildman–Crippen MR) is 83.3 cm³/mol. The van der Waals surface area contributed by atoms with E-state index in [1.165, 1.54) is 12.8 Å². The molecule has 1 saturated carbocycles. The zero-order valence-electron chi connectivity index (χ0n) is 11.6. The molecule has 1 fully saturated rings. The van der Waals surface area contributed by atoms with Gasteiger partial charge in [-0.05, 0) is 31.0 Å². The molecule has 0 bridgehead atoms. The number of hydrogen-bond acceptors (Lipinski definition) is 4. The van der Waals surface area contributed by atoms with Gasteiger partial charge in [0.05, 0.1) is 15.6 Å². The van der Waals surface area contributed by atoms with Crippen molar-refractivity contribution >= 4 is 23.2 Å². The van der Waals surface area contributed by atoms with Crippen molar-refractivity contribution in [2.45, 2.75) is 44.1 Å². The summed E-state index contributed by atoms with van der Waals surface area (Å²) in [7, 11) is 0. The van der Waals surface area contributed by atoms with Gasteiger partial charge < -0.3 is 10.3 Å². The zero-order chi connectivity index (χ0) is 14.9. The summed E-state index contributed by atoms with van der Waals surface area (Å²) >= 11 is 11.9. The summed E-state index contributed by atoms with van der Waals surface area (Å²) in [5, 5.41) is 5.01. The highest BCUT2D eigenvalue weighted by Gasteiger charge is 2.34. The summed E-state index contributed by atoms with van der Waals surface area (Å²) in [6.07, 6.45) is 6.40. The Balaban J connectivity index is 1.90. The fraction of sp³-hybridized carbons (Fsp3) is 0.467. The Morgan fingerprint density at radius 2 is 1.76 bits per heavy atom. The van der Waals surface area contributed by atoms with Gasteiger partial charge in [-0.2, -0.15) is 4.98 Å². The van der Waals surface area contributed by atoms with Gasteiger partial charge in [-0.1, -0.05) is 54.0 Å². The maximum Gasteiger partial charge on any atom is 0.247 e. The lowest BCUT2D eigenvalue weighted by atomic mass is 9.91. The Bertz CT molecular complexity index is 634. The van der Waals surface area contributed by atoms with Crippen LogP contribution in [-0.2, 0) is 5.54 Å². The predicted octanol–water partition coefficient (Wildman–Crippen LogP) is 4.55. The molecule has 1 aromatic carbocycles. The Labute approximate surface area is 133 Å². The van der Waals surface area contributed by atoms with Crippen LogP contribution in [-0.4, -0.2) is 10.1 Å². The lowest BCUT2D eigenvalue weighted by molar-refractivity contribution is 0.257. The van der Waals surface area contributed by atoms with Gasteiger partial charge in [0, 0.05) is 5.56 Å². The second kappa shape index (κ2) is 5.95. The molecular weight excluding hydrogens is 309 g/mol. The quantitative estimate of drug-likeness (QED) is 0.822. The molecule has 0 saturated heterocycles. The van der Waals surface area contributed by atoms with Crippen LogP contribution in [0.4, 0.5) is 0 Å². The lowest BCUT2D eigenvalue weighted by Gasteiger charge is -2.22. The summed E-state index contributed by atoms with van der Waals surface area (Å²) in [5.74, 6) is 1.02. The Morgan fingerprint density at radius 3 is 2.43 bits per heavy atom. The van der Waals surface area contributed by atoms with Crippen LogP contribution in [0.25, 0.3) is 11.4 Å². The minimum atomic E-state index is -0.502. The average molecular weight is 326 g/mol. The molecule has 0 radical (unpaired) electrons. The van der Waals surface area contributed by atoms with Crippen LogP contribution >= 0.6 is 23.2 Å². The summed E-state index contributed by atoms with van der Waals surface area (Å²) in [5.41, 5.74) is 6.76. The van der Waals surface area contributed by atoms with Crippen LogP contribution in [0.3, 0.4) is 0 Å². The van der Waals surface area contributed by atoms with E-state index < -0.39 is 5.54 Å². The first-order chi connectivity index (χ1) is 10.1. The number of benzene rings is 1. The van der Waals surface area contributed by atoms with Gasteiger partial charge in [0.15, 0.2) is 0 Å². The second-order valence-electron chi connectivity index (χ2n) is 5.62. The van der Waals surface area contributed by atoms with E-state index in [2.05, 4.69) is 10.1 Å². The highest BCUT2D eigenvalue weighted by atomic mass is 35.5. The standard InChI is InChI=1S/C15H17Cl2N3O/c16-11-6-5-10(9-12(11)17)13-19-14(21-20-13)15(18)7-3-1-2-4-8-15/h5-6,9H,1-4,7-8,18H2.